The van der Waals surface area contributed by atoms with Gasteiger partial charge in [0.1, 0.15) is 41.0 Å². The van der Waals surface area contributed by atoms with Crippen molar-refractivity contribution in [2.75, 3.05) is 47.5 Å². The van der Waals surface area contributed by atoms with Crippen LogP contribution in [0.2, 0.25) is 10.0 Å². The van der Waals surface area contributed by atoms with Gasteiger partial charge in [-0.1, -0.05) is 59.6 Å². The van der Waals surface area contributed by atoms with Gasteiger partial charge in [-0.05, 0) is 132 Å². The van der Waals surface area contributed by atoms with Gasteiger partial charge < -0.3 is 38.3 Å². The van der Waals surface area contributed by atoms with Gasteiger partial charge in [-0.25, -0.2) is 0 Å². The van der Waals surface area contributed by atoms with Gasteiger partial charge in [0.2, 0.25) is 0 Å². The summed E-state index contributed by atoms with van der Waals surface area (Å²) in [6.07, 6.45) is 5.63. The molecule has 2 atom stereocenters. The van der Waals surface area contributed by atoms with E-state index in [1.807, 2.05) is 52.2 Å². The fraction of sp³-hybridized carbons (Fsp3) is 0.458. The molecule has 2 aliphatic carbocycles. The summed E-state index contributed by atoms with van der Waals surface area (Å²) in [6, 6.07) is 20.8. The highest BCUT2D eigenvalue weighted by molar-refractivity contribution is 6.32. The molecule has 9 nitrogen and oxygen atoms in total. The lowest BCUT2D eigenvalue weighted by Gasteiger charge is -2.22. The van der Waals surface area contributed by atoms with Gasteiger partial charge in [-0.3, -0.25) is 4.79 Å². The van der Waals surface area contributed by atoms with Crippen molar-refractivity contribution in [2.24, 2.45) is 0 Å². The lowest BCUT2D eigenvalue weighted by molar-refractivity contribution is -0.140. The number of ketones is 1. The van der Waals surface area contributed by atoms with Crippen LogP contribution in [0.1, 0.15) is 105 Å². The van der Waals surface area contributed by atoms with E-state index in [0.717, 1.165) is 67.8 Å². The first-order valence-electron chi connectivity index (χ1n) is 20.9. The lowest BCUT2D eigenvalue weighted by Crippen LogP contribution is -2.20. The number of hydrogen-bond donors (Lipinski definition) is 0. The molecule has 0 amide bonds. The largest absolute Gasteiger partial charge is 0.493 e. The molecule has 0 aromatic heterocycles. The molecule has 6 rings (SSSR count). The fourth-order valence-corrected chi connectivity index (χ4v) is 8.84. The van der Waals surface area contributed by atoms with Gasteiger partial charge in [0.15, 0.2) is 0 Å². The summed E-state index contributed by atoms with van der Waals surface area (Å²) in [6.45, 7) is 9.43. The number of benzene rings is 4. The van der Waals surface area contributed by atoms with E-state index < -0.39 is 0 Å². The fourth-order valence-electron chi connectivity index (χ4n) is 8.38. The quantitative estimate of drug-likeness (QED) is 0.0761. The number of Topliss-reactive ketones (excluding diaryl/α,β-unsaturated/α-hetero) is 1. The topological polar surface area (TPSA) is 86.8 Å². The van der Waals surface area contributed by atoms with Crippen molar-refractivity contribution < 1.29 is 33.3 Å². The summed E-state index contributed by atoms with van der Waals surface area (Å²) >= 11 is 13.8. The zero-order valence-corrected chi connectivity index (χ0v) is 36.8. The van der Waals surface area contributed by atoms with Crippen molar-refractivity contribution in [1.29, 1.82) is 0 Å². The number of nitrogens with zero attached hydrogens (tertiary/aromatic N) is 2. The van der Waals surface area contributed by atoms with Crippen molar-refractivity contribution in [1.82, 2.24) is 9.80 Å². The highest BCUT2D eigenvalue weighted by Gasteiger charge is 2.32. The van der Waals surface area contributed by atoms with Crippen molar-refractivity contribution in [3.05, 3.63) is 104 Å². The van der Waals surface area contributed by atoms with Crippen molar-refractivity contribution >= 4 is 35.0 Å². The zero-order chi connectivity index (χ0) is 42.1. The maximum atomic E-state index is 11.6. The van der Waals surface area contributed by atoms with E-state index in [4.69, 9.17) is 46.9 Å². The van der Waals surface area contributed by atoms with Crippen LogP contribution in [0.15, 0.2) is 60.7 Å². The standard InChI is InChI=1S/C48H58Cl2N2O7/c1-7-56-44-27-46(40(49)25-32(44)29-51(4)23-11-13-31(3)53)58-42-21-19-36-34(14-9-16-38(36)42)35-15-10-17-39-37(35)20-22-43(39)59-47-28-45(57-8-2)33(26-41(47)50)30-52(5)24-12-18-48(54)55-6/h9-10,14-17,25-28,42-43H,7-8,11-13,18-24,29-30H2,1-6H3/t42-,43-/m0/s1. The molecule has 0 bridgehead atoms. The average molecular weight is 846 g/mol. The molecule has 0 spiro atoms. The summed E-state index contributed by atoms with van der Waals surface area (Å²) in [7, 11) is 5.48. The number of fused-ring (bicyclic) bond motifs is 2. The summed E-state index contributed by atoms with van der Waals surface area (Å²) < 4.78 is 30.4. The summed E-state index contributed by atoms with van der Waals surface area (Å²) in [5, 5.41) is 1.10. The van der Waals surface area contributed by atoms with Crippen LogP contribution in [-0.2, 0) is 40.3 Å². The summed E-state index contributed by atoms with van der Waals surface area (Å²) in [4.78, 5) is 27.3. The molecule has 4 aromatic carbocycles. The SMILES string of the molecule is CCOc1cc(O[C@H]2CCc3c(-c4cccc5c4CC[C@@H]5Oc4cc(OCC)c(CN(C)CCCC(=O)OC)cc4Cl)cccc32)c(Cl)cc1CN(C)CCCC(C)=O. The van der Waals surface area contributed by atoms with Gasteiger partial charge in [-0.15, -0.1) is 0 Å². The second-order valence-electron chi connectivity index (χ2n) is 15.6. The van der Waals surface area contributed by atoms with Crippen LogP contribution < -0.4 is 18.9 Å². The maximum absolute atomic E-state index is 11.6. The minimum absolute atomic E-state index is 0.144. The van der Waals surface area contributed by atoms with E-state index in [-0.39, 0.29) is 24.0 Å². The van der Waals surface area contributed by atoms with E-state index in [1.165, 1.54) is 40.5 Å². The third-order valence-electron chi connectivity index (χ3n) is 11.2. The Hall–Kier alpha value is -4.28. The Morgan fingerprint density at radius 2 is 1.14 bits per heavy atom. The predicted molar refractivity (Wildman–Crippen MR) is 234 cm³/mol. The van der Waals surface area contributed by atoms with E-state index in [2.05, 4.69) is 46.2 Å². The van der Waals surface area contributed by atoms with Crippen LogP contribution in [0.3, 0.4) is 0 Å². The predicted octanol–water partition coefficient (Wildman–Crippen LogP) is 10.8. The van der Waals surface area contributed by atoms with Crippen molar-refractivity contribution in [3.8, 4) is 34.1 Å². The summed E-state index contributed by atoms with van der Waals surface area (Å²) in [5.74, 6) is 2.72. The number of ether oxygens (including phenoxy) is 5. The molecule has 11 heteroatoms. The van der Waals surface area contributed by atoms with Crippen LogP contribution in [0, 0.1) is 0 Å². The second kappa shape index (κ2) is 20.8. The molecular weight excluding hydrogens is 787 g/mol. The monoisotopic (exact) mass is 844 g/mol. The number of halogens is 2. The first kappa shape index (κ1) is 44.3. The van der Waals surface area contributed by atoms with Gasteiger partial charge in [0, 0.05) is 49.2 Å². The number of rotatable bonds is 21. The number of carbonyl (C=O) groups excluding carboxylic acids is 2. The number of esters is 1. The normalized spacial score (nSPS) is 15.6. The Morgan fingerprint density at radius 1 is 0.678 bits per heavy atom. The molecule has 4 aromatic rings. The van der Waals surface area contributed by atoms with E-state index in [0.29, 0.717) is 67.1 Å². The van der Waals surface area contributed by atoms with Crippen LogP contribution in [0.4, 0.5) is 0 Å². The number of carbonyl (C=O) groups is 2. The van der Waals surface area contributed by atoms with E-state index in [1.54, 1.807) is 6.92 Å². The zero-order valence-electron chi connectivity index (χ0n) is 35.3. The lowest BCUT2D eigenvalue weighted by atomic mass is 9.91. The molecule has 0 aliphatic heterocycles. The second-order valence-corrected chi connectivity index (χ2v) is 16.5. The van der Waals surface area contributed by atoms with Gasteiger partial charge in [-0.2, -0.15) is 0 Å². The van der Waals surface area contributed by atoms with Crippen molar-refractivity contribution in [3.63, 3.8) is 0 Å². The third kappa shape index (κ3) is 11.1. The van der Waals surface area contributed by atoms with Gasteiger partial charge in [0.05, 0.1) is 30.4 Å². The molecule has 0 fully saturated rings. The smallest absolute Gasteiger partial charge is 0.305 e. The highest BCUT2D eigenvalue weighted by atomic mass is 35.5. The molecule has 2 aliphatic rings. The molecule has 316 valence electrons. The molecular formula is C48H58Cl2N2O7. The Bertz CT molecular complexity index is 2110. The number of hydrogen-bond acceptors (Lipinski definition) is 9. The molecule has 0 heterocycles. The highest BCUT2D eigenvalue weighted by Crippen LogP contribution is 2.47. The van der Waals surface area contributed by atoms with Gasteiger partial charge >= 0.3 is 5.97 Å². The Labute approximate surface area is 359 Å². The van der Waals surface area contributed by atoms with Crippen LogP contribution >= 0.6 is 23.2 Å². The Kier molecular flexibility index (Phi) is 15.6. The Balaban J connectivity index is 1.18. The van der Waals surface area contributed by atoms with E-state index in [9.17, 15) is 9.59 Å². The van der Waals surface area contributed by atoms with Crippen molar-refractivity contribution in [2.45, 2.75) is 97.4 Å². The average Bonchev–Trinajstić information content (AvgIpc) is 3.82. The Morgan fingerprint density at radius 3 is 1.56 bits per heavy atom. The van der Waals surface area contributed by atoms with Crippen LogP contribution in [0.5, 0.6) is 23.0 Å². The van der Waals surface area contributed by atoms with E-state index >= 15 is 0 Å². The van der Waals surface area contributed by atoms with Crippen LogP contribution in [0.25, 0.3) is 11.1 Å². The maximum Gasteiger partial charge on any atom is 0.305 e. The molecule has 0 saturated heterocycles. The molecule has 0 unspecified atom stereocenters. The third-order valence-corrected chi connectivity index (χ3v) is 11.8. The molecule has 0 N–H and O–H groups in total. The first-order chi connectivity index (χ1) is 28.5. The van der Waals surface area contributed by atoms with Gasteiger partial charge in [0.25, 0.3) is 0 Å². The molecule has 0 saturated carbocycles. The first-order valence-corrected chi connectivity index (χ1v) is 21.7. The summed E-state index contributed by atoms with van der Waals surface area (Å²) in [5.41, 5.74) is 9.37. The minimum atomic E-state index is -0.203. The molecule has 59 heavy (non-hydrogen) atoms. The number of methoxy groups -OCH3 is 1. The van der Waals surface area contributed by atoms with Crippen LogP contribution in [-0.4, -0.2) is 69.1 Å². The molecule has 0 radical (unpaired) electrons. The minimum Gasteiger partial charge on any atom is -0.493 e.